The molecular weight excluding hydrogens is 246 g/mol. The Morgan fingerprint density at radius 3 is 2.60 bits per heavy atom. The number of pyridine rings is 1. The third-order valence-electron chi connectivity index (χ3n) is 4.11. The van der Waals surface area contributed by atoms with E-state index in [1.165, 1.54) is 32.1 Å². The van der Waals surface area contributed by atoms with Gasteiger partial charge in [-0.15, -0.1) is 0 Å². The summed E-state index contributed by atoms with van der Waals surface area (Å²) in [5.74, 6) is 0.890. The summed E-state index contributed by atoms with van der Waals surface area (Å²) in [4.78, 5) is 4.41. The van der Waals surface area contributed by atoms with Crippen molar-refractivity contribution in [2.24, 2.45) is 0 Å². The molecule has 0 bridgehead atoms. The molecule has 20 heavy (non-hydrogen) atoms. The number of hydrogen-bond donors (Lipinski definition) is 2. The van der Waals surface area contributed by atoms with Gasteiger partial charge >= 0.3 is 0 Å². The van der Waals surface area contributed by atoms with Crippen LogP contribution < -0.4 is 10.6 Å². The van der Waals surface area contributed by atoms with Crippen molar-refractivity contribution < 1.29 is 0 Å². The molecule has 1 fully saturated rings. The van der Waals surface area contributed by atoms with Gasteiger partial charge in [-0.25, -0.2) is 0 Å². The third-order valence-corrected chi connectivity index (χ3v) is 4.11. The molecule has 108 valence electrons. The molecule has 0 radical (unpaired) electrons. The molecule has 1 aromatic rings. The van der Waals surface area contributed by atoms with E-state index in [4.69, 9.17) is 0 Å². The van der Waals surface area contributed by atoms with Crippen molar-refractivity contribution in [3.8, 4) is 0 Å². The minimum absolute atomic E-state index is 0.0763. The van der Waals surface area contributed by atoms with Crippen molar-refractivity contribution in [3.63, 3.8) is 0 Å². The predicted octanol–water partition coefficient (Wildman–Crippen LogP) is 3.47. The summed E-state index contributed by atoms with van der Waals surface area (Å²) in [5.41, 5.74) is 2.17. The molecule has 1 aliphatic rings. The Kier molecular flexibility index (Phi) is 4.83. The van der Waals surface area contributed by atoms with E-state index in [0.29, 0.717) is 0 Å². The van der Waals surface area contributed by atoms with Crippen LogP contribution in [0.5, 0.6) is 0 Å². The Morgan fingerprint density at radius 2 is 2.00 bits per heavy atom. The molecule has 1 heterocycles. The van der Waals surface area contributed by atoms with Crippen LogP contribution in [0.3, 0.4) is 0 Å². The van der Waals surface area contributed by atoms with Crippen LogP contribution in [0, 0.1) is 0 Å². The SMILES string of the molecule is C=C(NC)NC1(CC(=C)c2ccccn2)CCCCC1. The van der Waals surface area contributed by atoms with E-state index >= 15 is 0 Å². The van der Waals surface area contributed by atoms with E-state index in [2.05, 4.69) is 28.8 Å². The van der Waals surface area contributed by atoms with Crippen LogP contribution in [0.4, 0.5) is 0 Å². The van der Waals surface area contributed by atoms with Crippen molar-refractivity contribution in [3.05, 3.63) is 49.1 Å². The largest absolute Gasteiger partial charge is 0.375 e. The van der Waals surface area contributed by atoms with Gasteiger partial charge in [-0.2, -0.15) is 0 Å². The Balaban J connectivity index is 2.11. The highest BCUT2D eigenvalue weighted by Crippen LogP contribution is 2.35. The van der Waals surface area contributed by atoms with E-state index in [0.717, 1.165) is 23.5 Å². The molecule has 0 unspecified atom stereocenters. The van der Waals surface area contributed by atoms with Gasteiger partial charge < -0.3 is 10.6 Å². The van der Waals surface area contributed by atoms with Crippen LogP contribution in [0.1, 0.15) is 44.2 Å². The zero-order valence-corrected chi connectivity index (χ0v) is 12.4. The van der Waals surface area contributed by atoms with Crippen molar-refractivity contribution in [1.29, 1.82) is 0 Å². The Bertz CT molecular complexity index is 458. The first-order valence-corrected chi connectivity index (χ1v) is 7.39. The normalized spacial score (nSPS) is 17.2. The summed E-state index contributed by atoms with van der Waals surface area (Å²) in [6.45, 7) is 8.27. The van der Waals surface area contributed by atoms with Gasteiger partial charge in [-0.3, -0.25) is 4.98 Å². The summed E-state index contributed by atoms with van der Waals surface area (Å²) < 4.78 is 0. The van der Waals surface area contributed by atoms with Crippen LogP contribution in [-0.2, 0) is 0 Å². The quantitative estimate of drug-likeness (QED) is 0.832. The lowest BCUT2D eigenvalue weighted by Gasteiger charge is -2.40. The summed E-state index contributed by atoms with van der Waals surface area (Å²) in [7, 11) is 1.90. The molecule has 2 N–H and O–H groups in total. The fourth-order valence-corrected chi connectivity index (χ4v) is 3.03. The Hall–Kier alpha value is -1.77. The van der Waals surface area contributed by atoms with Gasteiger partial charge in [0.15, 0.2) is 0 Å². The summed E-state index contributed by atoms with van der Waals surface area (Å²) in [5, 5.41) is 6.69. The molecule has 0 saturated heterocycles. The van der Waals surface area contributed by atoms with E-state index in [1.54, 1.807) is 0 Å². The first-order valence-electron chi connectivity index (χ1n) is 7.39. The molecule has 3 nitrogen and oxygen atoms in total. The maximum Gasteiger partial charge on any atom is 0.0914 e. The lowest BCUT2D eigenvalue weighted by atomic mass is 9.77. The van der Waals surface area contributed by atoms with Crippen molar-refractivity contribution in [1.82, 2.24) is 15.6 Å². The van der Waals surface area contributed by atoms with Gasteiger partial charge in [0.25, 0.3) is 0 Å². The molecule has 1 aliphatic carbocycles. The maximum absolute atomic E-state index is 4.41. The lowest BCUT2D eigenvalue weighted by Crippen LogP contribution is -2.48. The number of nitrogens with one attached hydrogen (secondary N) is 2. The van der Waals surface area contributed by atoms with Crippen LogP contribution in [0.25, 0.3) is 5.57 Å². The van der Waals surface area contributed by atoms with E-state index < -0.39 is 0 Å². The second kappa shape index (κ2) is 6.60. The molecule has 3 heteroatoms. The van der Waals surface area contributed by atoms with E-state index in [1.807, 2.05) is 31.4 Å². The van der Waals surface area contributed by atoms with Crippen LogP contribution >= 0.6 is 0 Å². The topological polar surface area (TPSA) is 37.0 Å². The molecule has 2 rings (SSSR count). The van der Waals surface area contributed by atoms with Gasteiger partial charge in [0.1, 0.15) is 0 Å². The van der Waals surface area contributed by atoms with Crippen molar-refractivity contribution in [2.75, 3.05) is 7.05 Å². The van der Waals surface area contributed by atoms with Gasteiger partial charge in [-0.1, -0.05) is 38.5 Å². The van der Waals surface area contributed by atoms with Gasteiger partial charge in [0.05, 0.1) is 11.5 Å². The number of nitrogens with zero attached hydrogens (tertiary/aromatic N) is 1. The number of rotatable bonds is 6. The highest BCUT2D eigenvalue weighted by molar-refractivity contribution is 5.61. The molecule has 0 spiro atoms. The molecule has 0 atom stereocenters. The second-order valence-corrected chi connectivity index (χ2v) is 5.69. The first-order chi connectivity index (χ1) is 9.65. The highest BCUT2D eigenvalue weighted by Gasteiger charge is 2.33. The second-order valence-electron chi connectivity index (χ2n) is 5.69. The smallest absolute Gasteiger partial charge is 0.0914 e. The zero-order chi connectivity index (χ0) is 14.4. The summed E-state index contributed by atoms with van der Waals surface area (Å²) in [6.07, 6.45) is 8.93. The Morgan fingerprint density at radius 1 is 1.25 bits per heavy atom. The van der Waals surface area contributed by atoms with Crippen LogP contribution in [0.15, 0.2) is 43.4 Å². The predicted molar refractivity (Wildman–Crippen MR) is 85.0 cm³/mol. The van der Waals surface area contributed by atoms with E-state index in [9.17, 15) is 0 Å². The Labute approximate surface area is 122 Å². The molecule has 0 aliphatic heterocycles. The lowest BCUT2D eigenvalue weighted by molar-refractivity contribution is 0.251. The summed E-state index contributed by atoms with van der Waals surface area (Å²) >= 11 is 0. The molecular formula is C17H25N3. The fraction of sp³-hybridized carbons (Fsp3) is 0.471. The average Bonchev–Trinajstić information content (AvgIpc) is 2.48. The highest BCUT2D eigenvalue weighted by atomic mass is 15.1. The van der Waals surface area contributed by atoms with Crippen LogP contribution in [-0.4, -0.2) is 17.6 Å². The minimum Gasteiger partial charge on any atom is -0.375 e. The molecule has 0 amide bonds. The molecule has 1 aromatic heterocycles. The zero-order valence-electron chi connectivity index (χ0n) is 12.4. The third kappa shape index (κ3) is 3.62. The van der Waals surface area contributed by atoms with Gasteiger partial charge in [0, 0.05) is 18.8 Å². The van der Waals surface area contributed by atoms with E-state index in [-0.39, 0.29) is 5.54 Å². The summed E-state index contributed by atoms with van der Waals surface area (Å²) in [6, 6.07) is 5.99. The van der Waals surface area contributed by atoms with Gasteiger partial charge in [0.2, 0.25) is 0 Å². The van der Waals surface area contributed by atoms with Crippen molar-refractivity contribution in [2.45, 2.75) is 44.1 Å². The maximum atomic E-state index is 4.41. The van der Waals surface area contributed by atoms with Crippen molar-refractivity contribution >= 4 is 5.57 Å². The molecule has 1 saturated carbocycles. The molecule has 0 aromatic carbocycles. The van der Waals surface area contributed by atoms with Gasteiger partial charge in [-0.05, 0) is 37.0 Å². The standard InChI is InChI=1S/C17H25N3/c1-14(16-9-5-8-12-19-16)13-17(20-15(2)18-3)10-6-4-7-11-17/h5,8-9,12,18,20H,1-2,4,6-7,10-11,13H2,3H3. The monoisotopic (exact) mass is 271 g/mol. The first kappa shape index (κ1) is 14.6. The fourth-order valence-electron chi connectivity index (χ4n) is 3.03. The van der Waals surface area contributed by atoms with Crippen LogP contribution in [0.2, 0.25) is 0 Å². The minimum atomic E-state index is 0.0763. The number of hydrogen-bond acceptors (Lipinski definition) is 3. The average molecular weight is 271 g/mol. The number of aromatic nitrogens is 1.